The molecular formula is C20H30N4O2. The van der Waals surface area contributed by atoms with Gasteiger partial charge >= 0.3 is 0 Å². The Balaban J connectivity index is 1.33. The summed E-state index contributed by atoms with van der Waals surface area (Å²) in [5.41, 5.74) is 0.948. The molecule has 142 valence electrons. The molecule has 4 rings (SSSR count). The van der Waals surface area contributed by atoms with E-state index in [-0.39, 0.29) is 5.91 Å². The topological polar surface area (TPSA) is 48.9 Å². The first-order chi connectivity index (χ1) is 12.7. The average molecular weight is 358 g/mol. The minimum atomic E-state index is 0.0802. The molecule has 0 bridgehead atoms. The highest BCUT2D eigenvalue weighted by molar-refractivity contribution is 5.92. The summed E-state index contributed by atoms with van der Waals surface area (Å²) in [6, 6.07) is 6.18. The number of likely N-dealkylation sites (N-methyl/N-ethyl adjacent to an activating group) is 1. The lowest BCUT2D eigenvalue weighted by atomic mass is 9.76. The van der Waals surface area contributed by atoms with Gasteiger partial charge < -0.3 is 14.5 Å². The number of rotatable bonds is 3. The molecule has 3 aliphatic rings. The van der Waals surface area contributed by atoms with E-state index in [9.17, 15) is 4.79 Å². The Hall–Kier alpha value is -1.50. The second-order valence-electron chi connectivity index (χ2n) is 8.19. The second-order valence-corrected chi connectivity index (χ2v) is 8.19. The Morgan fingerprint density at radius 1 is 1.23 bits per heavy atom. The van der Waals surface area contributed by atoms with E-state index >= 15 is 0 Å². The second kappa shape index (κ2) is 7.62. The van der Waals surface area contributed by atoms with Crippen molar-refractivity contribution in [2.45, 2.75) is 25.3 Å². The smallest absolute Gasteiger partial charge is 0.272 e. The highest BCUT2D eigenvalue weighted by atomic mass is 16.5. The van der Waals surface area contributed by atoms with E-state index < -0.39 is 0 Å². The lowest BCUT2D eigenvalue weighted by Crippen LogP contribution is -2.44. The average Bonchev–Trinajstić information content (AvgIpc) is 2.98. The van der Waals surface area contributed by atoms with Crippen LogP contribution in [0.3, 0.4) is 0 Å². The van der Waals surface area contributed by atoms with Crippen LogP contribution in [0.15, 0.2) is 24.4 Å². The molecule has 1 unspecified atom stereocenters. The van der Waals surface area contributed by atoms with Crippen molar-refractivity contribution < 1.29 is 9.53 Å². The molecule has 6 nitrogen and oxygen atoms in total. The van der Waals surface area contributed by atoms with Gasteiger partial charge in [-0.15, -0.1) is 0 Å². The third kappa shape index (κ3) is 3.77. The maximum Gasteiger partial charge on any atom is 0.272 e. The largest absolute Gasteiger partial charge is 0.379 e. The van der Waals surface area contributed by atoms with Gasteiger partial charge in [-0.05, 0) is 43.9 Å². The number of amides is 1. The number of piperidine rings is 1. The van der Waals surface area contributed by atoms with Crippen LogP contribution in [0.25, 0.3) is 0 Å². The van der Waals surface area contributed by atoms with Gasteiger partial charge in [-0.2, -0.15) is 0 Å². The first-order valence-corrected chi connectivity index (χ1v) is 9.86. The van der Waals surface area contributed by atoms with E-state index in [1.165, 1.54) is 6.42 Å². The molecule has 0 N–H and O–H groups in total. The quantitative estimate of drug-likeness (QED) is 0.816. The van der Waals surface area contributed by atoms with Crippen molar-refractivity contribution in [2.75, 3.05) is 59.5 Å². The highest BCUT2D eigenvalue weighted by Gasteiger charge is 2.45. The molecule has 1 atom stereocenters. The number of likely N-dealkylation sites (tertiary alicyclic amines) is 2. The van der Waals surface area contributed by atoms with Crippen LogP contribution in [0, 0.1) is 5.41 Å². The number of aromatic nitrogens is 1. The fraction of sp³-hybridized carbons (Fsp3) is 0.700. The van der Waals surface area contributed by atoms with E-state index in [2.05, 4.69) is 21.8 Å². The molecule has 4 heterocycles. The summed E-state index contributed by atoms with van der Waals surface area (Å²) >= 11 is 0. The first-order valence-electron chi connectivity index (χ1n) is 9.86. The van der Waals surface area contributed by atoms with Crippen LogP contribution in [-0.4, -0.2) is 91.2 Å². The zero-order valence-electron chi connectivity index (χ0n) is 15.8. The third-order valence-electron chi connectivity index (χ3n) is 6.44. The molecule has 1 aromatic rings. The number of ether oxygens (including phenoxy) is 1. The number of morpholine rings is 1. The van der Waals surface area contributed by atoms with Gasteiger partial charge in [0.2, 0.25) is 0 Å². The summed E-state index contributed by atoms with van der Waals surface area (Å²) in [5.74, 6) is 0.0802. The molecule has 0 aliphatic carbocycles. The summed E-state index contributed by atoms with van der Waals surface area (Å²) < 4.78 is 5.47. The van der Waals surface area contributed by atoms with Gasteiger partial charge in [0.05, 0.1) is 13.2 Å². The summed E-state index contributed by atoms with van der Waals surface area (Å²) in [7, 11) is 2.27. The van der Waals surface area contributed by atoms with Crippen LogP contribution in [0.5, 0.6) is 0 Å². The van der Waals surface area contributed by atoms with Crippen LogP contribution in [0.1, 0.15) is 29.8 Å². The molecule has 3 saturated heterocycles. The van der Waals surface area contributed by atoms with E-state index in [4.69, 9.17) is 4.74 Å². The fourth-order valence-corrected chi connectivity index (χ4v) is 4.86. The Morgan fingerprint density at radius 2 is 2.00 bits per heavy atom. The molecular weight excluding hydrogens is 328 g/mol. The number of carbonyl (C=O) groups is 1. The molecule has 3 fully saturated rings. The fourth-order valence-electron chi connectivity index (χ4n) is 4.86. The number of hydrogen-bond donors (Lipinski definition) is 0. The van der Waals surface area contributed by atoms with Crippen molar-refractivity contribution in [1.29, 1.82) is 0 Å². The Labute approximate surface area is 156 Å². The maximum atomic E-state index is 12.6. The molecule has 26 heavy (non-hydrogen) atoms. The predicted octanol–water partition coefficient (Wildman–Crippen LogP) is 1.34. The van der Waals surface area contributed by atoms with Crippen molar-refractivity contribution in [1.82, 2.24) is 19.7 Å². The zero-order valence-corrected chi connectivity index (χ0v) is 15.8. The molecule has 0 radical (unpaired) electrons. The highest BCUT2D eigenvalue weighted by Crippen LogP contribution is 2.43. The van der Waals surface area contributed by atoms with E-state index in [0.717, 1.165) is 65.3 Å². The van der Waals surface area contributed by atoms with Crippen molar-refractivity contribution in [2.24, 2.45) is 5.41 Å². The molecule has 1 aromatic heterocycles. The predicted molar refractivity (Wildman–Crippen MR) is 100 cm³/mol. The number of hydrogen-bond acceptors (Lipinski definition) is 5. The SMILES string of the molecule is CN1CC2(CCN(C(=O)c3ccccn3)CC2)CC1CN1CCOCC1. The number of pyridine rings is 1. The molecule has 1 spiro atoms. The van der Waals surface area contributed by atoms with Crippen molar-refractivity contribution in [3.8, 4) is 0 Å². The monoisotopic (exact) mass is 358 g/mol. The molecule has 1 amide bonds. The molecule has 6 heteroatoms. The molecule has 3 aliphatic heterocycles. The van der Waals surface area contributed by atoms with E-state index in [0.29, 0.717) is 17.2 Å². The van der Waals surface area contributed by atoms with E-state index in [1.807, 2.05) is 23.1 Å². The standard InChI is InChI=1S/C20H30N4O2/c1-22-16-20(14-17(22)15-23-10-12-26-13-11-23)5-8-24(9-6-20)19(25)18-4-2-3-7-21-18/h2-4,7,17H,5-6,8-16H2,1H3. The van der Waals surface area contributed by atoms with Gasteiger partial charge in [-0.1, -0.05) is 6.07 Å². The van der Waals surface area contributed by atoms with Gasteiger partial charge in [-0.25, -0.2) is 0 Å². The third-order valence-corrected chi connectivity index (χ3v) is 6.44. The van der Waals surface area contributed by atoms with E-state index in [1.54, 1.807) is 6.20 Å². The van der Waals surface area contributed by atoms with Crippen LogP contribution >= 0.6 is 0 Å². The van der Waals surface area contributed by atoms with Gasteiger partial charge in [0.15, 0.2) is 0 Å². The lowest BCUT2D eigenvalue weighted by Gasteiger charge is -2.39. The molecule has 0 saturated carbocycles. The minimum Gasteiger partial charge on any atom is -0.379 e. The van der Waals surface area contributed by atoms with Crippen LogP contribution < -0.4 is 0 Å². The van der Waals surface area contributed by atoms with Gasteiger partial charge in [0, 0.05) is 51.5 Å². The number of carbonyl (C=O) groups excluding carboxylic acids is 1. The van der Waals surface area contributed by atoms with Crippen molar-refractivity contribution >= 4 is 5.91 Å². The van der Waals surface area contributed by atoms with Crippen LogP contribution in [-0.2, 0) is 4.74 Å². The normalized spacial score (nSPS) is 27.1. The summed E-state index contributed by atoms with van der Waals surface area (Å²) in [6.07, 6.45) is 5.17. The zero-order chi connectivity index (χ0) is 18.0. The van der Waals surface area contributed by atoms with Crippen molar-refractivity contribution in [3.05, 3.63) is 30.1 Å². The molecule has 0 aromatic carbocycles. The Kier molecular flexibility index (Phi) is 5.25. The van der Waals surface area contributed by atoms with Gasteiger partial charge in [-0.3, -0.25) is 14.7 Å². The van der Waals surface area contributed by atoms with Gasteiger partial charge in [0.1, 0.15) is 5.69 Å². The Morgan fingerprint density at radius 3 is 2.69 bits per heavy atom. The Bertz CT molecular complexity index is 609. The maximum absolute atomic E-state index is 12.6. The number of nitrogens with zero attached hydrogens (tertiary/aromatic N) is 4. The summed E-state index contributed by atoms with van der Waals surface area (Å²) in [6.45, 7) is 7.87. The van der Waals surface area contributed by atoms with Crippen LogP contribution in [0.4, 0.5) is 0 Å². The van der Waals surface area contributed by atoms with Crippen molar-refractivity contribution in [3.63, 3.8) is 0 Å². The van der Waals surface area contributed by atoms with Crippen LogP contribution in [0.2, 0.25) is 0 Å². The summed E-state index contributed by atoms with van der Waals surface area (Å²) in [5, 5.41) is 0. The first kappa shape index (κ1) is 17.9. The summed E-state index contributed by atoms with van der Waals surface area (Å²) in [4.78, 5) is 23.9. The minimum absolute atomic E-state index is 0.0802. The van der Waals surface area contributed by atoms with Gasteiger partial charge in [0.25, 0.3) is 5.91 Å². The lowest BCUT2D eigenvalue weighted by molar-refractivity contribution is 0.0283.